The molecule has 11 heteroatoms. The quantitative estimate of drug-likeness (QED) is 0.392. The zero-order valence-electron chi connectivity index (χ0n) is 20.7. The number of rotatable bonds is 5. The largest absolute Gasteiger partial charge is 0.446 e. The number of likely N-dealkylation sites (N-methyl/N-ethyl adjacent to an activating group) is 1. The van der Waals surface area contributed by atoms with Crippen molar-refractivity contribution in [1.82, 2.24) is 24.4 Å². The highest BCUT2D eigenvalue weighted by molar-refractivity contribution is 5.93. The molecule has 10 nitrogen and oxygen atoms in total. The molecule has 1 aliphatic rings. The number of nitrogens with zero attached hydrogens (tertiary/aromatic N) is 7. The molecule has 0 amide bonds. The fourth-order valence-electron chi connectivity index (χ4n) is 4.42. The van der Waals surface area contributed by atoms with Gasteiger partial charge < -0.3 is 19.9 Å². The van der Waals surface area contributed by atoms with Crippen molar-refractivity contribution < 1.29 is 13.9 Å². The van der Waals surface area contributed by atoms with Gasteiger partial charge in [0.25, 0.3) is 5.69 Å². The number of piperazine rings is 1. The van der Waals surface area contributed by atoms with E-state index >= 15 is 4.39 Å². The first-order valence-corrected chi connectivity index (χ1v) is 11.7. The van der Waals surface area contributed by atoms with Crippen molar-refractivity contribution in [3.8, 4) is 11.6 Å². The minimum Gasteiger partial charge on any atom is -0.446 e. The van der Waals surface area contributed by atoms with Gasteiger partial charge in [0.05, 0.1) is 24.0 Å². The maximum atomic E-state index is 15.3. The lowest BCUT2D eigenvalue weighted by atomic mass is 10.2. The van der Waals surface area contributed by atoms with Crippen LogP contribution in [0.4, 0.5) is 27.4 Å². The molecule has 0 unspecified atom stereocenters. The Bertz CT molecular complexity index is 1520. The van der Waals surface area contributed by atoms with Crippen molar-refractivity contribution in [2.24, 2.45) is 0 Å². The fourth-order valence-corrected chi connectivity index (χ4v) is 4.42. The maximum absolute atomic E-state index is 15.3. The van der Waals surface area contributed by atoms with E-state index in [0.29, 0.717) is 17.0 Å². The van der Waals surface area contributed by atoms with Gasteiger partial charge in [0.2, 0.25) is 11.8 Å². The minimum atomic E-state index is -0.647. The first-order chi connectivity index (χ1) is 17.9. The van der Waals surface area contributed by atoms with Crippen molar-refractivity contribution in [3.05, 3.63) is 65.8 Å². The van der Waals surface area contributed by atoms with Crippen LogP contribution >= 0.6 is 0 Å². The normalized spacial score (nSPS) is 14.0. The third kappa shape index (κ3) is 4.66. The van der Waals surface area contributed by atoms with E-state index in [2.05, 4.69) is 42.0 Å². The van der Waals surface area contributed by atoms with E-state index in [1.807, 2.05) is 12.1 Å². The summed E-state index contributed by atoms with van der Waals surface area (Å²) in [4.78, 5) is 32.7. The highest BCUT2D eigenvalue weighted by Gasteiger charge is 2.20. The molecule has 1 saturated heterocycles. The molecule has 4 aromatic rings. The second-order valence-corrected chi connectivity index (χ2v) is 8.86. The summed E-state index contributed by atoms with van der Waals surface area (Å²) in [5.74, 6) is -0.376. The summed E-state index contributed by atoms with van der Waals surface area (Å²) in [5, 5.41) is 3.28. The highest BCUT2D eigenvalue weighted by Crippen LogP contribution is 2.38. The van der Waals surface area contributed by atoms with Crippen LogP contribution in [-0.4, -0.2) is 63.6 Å². The molecule has 188 valence electrons. The Kier molecular flexibility index (Phi) is 6.42. The van der Waals surface area contributed by atoms with E-state index in [0.717, 1.165) is 31.9 Å². The first kappa shape index (κ1) is 24.1. The predicted octanol–water partition coefficient (Wildman–Crippen LogP) is 4.77. The summed E-state index contributed by atoms with van der Waals surface area (Å²) in [7, 11) is 2.11. The molecule has 1 fully saturated rings. The molecular weight excluding hydrogens is 475 g/mol. The molecule has 5 rings (SSSR count). The number of carbonyl (C=O) groups is 1. The monoisotopic (exact) mass is 500 g/mol. The van der Waals surface area contributed by atoms with Crippen LogP contribution in [-0.2, 0) is 0 Å². The van der Waals surface area contributed by atoms with Crippen molar-refractivity contribution in [3.63, 3.8) is 0 Å². The van der Waals surface area contributed by atoms with Crippen LogP contribution in [0.25, 0.3) is 15.7 Å². The summed E-state index contributed by atoms with van der Waals surface area (Å²) in [6.07, 6.45) is 3.02. The van der Waals surface area contributed by atoms with Crippen molar-refractivity contribution in [2.75, 3.05) is 43.4 Å². The zero-order valence-corrected chi connectivity index (χ0v) is 20.7. The van der Waals surface area contributed by atoms with Crippen LogP contribution in [0.3, 0.4) is 0 Å². The third-order valence-electron chi connectivity index (χ3n) is 6.35. The number of halogens is 1. The Labute approximate surface area is 213 Å². The van der Waals surface area contributed by atoms with Gasteiger partial charge in [0, 0.05) is 44.2 Å². The van der Waals surface area contributed by atoms with E-state index in [1.165, 1.54) is 23.9 Å². The minimum absolute atomic E-state index is 0.00979. The third-order valence-corrected chi connectivity index (χ3v) is 6.35. The van der Waals surface area contributed by atoms with Crippen LogP contribution in [0.5, 0.6) is 11.6 Å². The van der Waals surface area contributed by atoms with Gasteiger partial charge in [0.15, 0.2) is 11.6 Å². The number of nitrogens with one attached hydrogen (secondary N) is 1. The van der Waals surface area contributed by atoms with Gasteiger partial charge >= 0.3 is 0 Å². The molecule has 0 aliphatic carbocycles. The molecule has 1 N–H and O–H groups in total. The van der Waals surface area contributed by atoms with Gasteiger partial charge in [-0.15, -0.1) is 0 Å². The Morgan fingerprint density at radius 3 is 2.59 bits per heavy atom. The van der Waals surface area contributed by atoms with Crippen LogP contribution < -0.4 is 15.0 Å². The number of hydrogen-bond donors (Lipinski definition) is 1. The molecule has 0 spiro atoms. The number of aryl methyl sites for hydroxylation is 1. The summed E-state index contributed by atoms with van der Waals surface area (Å²) in [6.45, 7) is 14.7. The molecule has 37 heavy (non-hydrogen) atoms. The molecule has 3 aromatic heterocycles. The Morgan fingerprint density at radius 1 is 1.14 bits per heavy atom. The standard InChI is InChI=1S/C26H25FN8O2/c1-16-13-19-20(35(16)17(2)36)6-7-21(23(19)27)37-26-24(28-3)25(30-15-31-26)32-22-8-5-18(14-29-22)34-11-9-33(4)10-12-34/h5-8,13-15H,9-12H2,1-2,4H3,(H,29,30,31,32). The van der Waals surface area contributed by atoms with E-state index < -0.39 is 5.82 Å². The molecular formula is C26H25FN8O2. The van der Waals surface area contributed by atoms with Gasteiger partial charge in [-0.05, 0) is 44.3 Å². The second kappa shape index (κ2) is 9.83. The van der Waals surface area contributed by atoms with Gasteiger partial charge in [-0.2, -0.15) is 0 Å². The number of carbonyl (C=O) groups excluding carboxylic acids is 1. The molecule has 0 atom stereocenters. The Balaban J connectivity index is 1.39. The van der Waals surface area contributed by atoms with Gasteiger partial charge in [0.1, 0.15) is 18.0 Å². The van der Waals surface area contributed by atoms with Crippen LogP contribution in [0.2, 0.25) is 0 Å². The van der Waals surface area contributed by atoms with Crippen molar-refractivity contribution >= 4 is 39.8 Å². The first-order valence-electron chi connectivity index (χ1n) is 11.7. The number of aromatic nitrogens is 4. The number of ether oxygens (including phenoxy) is 1. The van der Waals surface area contributed by atoms with Crippen LogP contribution in [0.15, 0.2) is 42.9 Å². The number of hydrogen-bond acceptors (Lipinski definition) is 8. The summed E-state index contributed by atoms with van der Waals surface area (Å²) < 4.78 is 22.5. The van der Waals surface area contributed by atoms with Gasteiger partial charge in [-0.25, -0.2) is 24.2 Å². The lowest BCUT2D eigenvalue weighted by Crippen LogP contribution is -2.44. The van der Waals surface area contributed by atoms with E-state index in [4.69, 9.17) is 11.3 Å². The molecule has 1 aliphatic heterocycles. The average Bonchev–Trinajstić information content (AvgIpc) is 3.24. The lowest BCUT2D eigenvalue weighted by Gasteiger charge is -2.33. The molecule has 0 radical (unpaired) electrons. The van der Waals surface area contributed by atoms with Crippen LogP contribution in [0.1, 0.15) is 17.4 Å². The number of benzene rings is 1. The number of fused-ring (bicyclic) bond motifs is 1. The van der Waals surface area contributed by atoms with E-state index in [-0.39, 0.29) is 34.4 Å². The topological polar surface area (TPSA) is 92.8 Å². The Morgan fingerprint density at radius 2 is 1.92 bits per heavy atom. The second-order valence-electron chi connectivity index (χ2n) is 8.86. The van der Waals surface area contributed by atoms with E-state index in [9.17, 15) is 4.79 Å². The fraction of sp³-hybridized carbons (Fsp3) is 0.269. The SMILES string of the molecule is [C-]#[N+]c1c(Nc2ccc(N3CCN(C)CC3)cn2)ncnc1Oc1ccc2c(cc(C)n2C(C)=O)c1F. The lowest BCUT2D eigenvalue weighted by molar-refractivity contribution is 0.0939. The van der Waals surface area contributed by atoms with Gasteiger partial charge in [-0.3, -0.25) is 9.36 Å². The summed E-state index contributed by atoms with van der Waals surface area (Å²) >= 11 is 0. The van der Waals surface area contributed by atoms with Gasteiger partial charge in [-0.1, -0.05) is 0 Å². The molecule has 0 saturated carbocycles. The van der Waals surface area contributed by atoms with Crippen molar-refractivity contribution in [2.45, 2.75) is 13.8 Å². The maximum Gasteiger partial charge on any atom is 0.288 e. The predicted molar refractivity (Wildman–Crippen MR) is 139 cm³/mol. The summed E-state index contributed by atoms with van der Waals surface area (Å²) in [6, 6.07) is 8.39. The zero-order chi connectivity index (χ0) is 26.1. The number of pyridine rings is 1. The highest BCUT2D eigenvalue weighted by atomic mass is 19.1. The Hall–Kier alpha value is -4.56. The summed E-state index contributed by atoms with van der Waals surface area (Å²) in [5.41, 5.74) is 2.07. The van der Waals surface area contributed by atoms with Crippen LogP contribution in [0, 0.1) is 19.3 Å². The average molecular weight is 501 g/mol. The molecule has 4 heterocycles. The molecule has 0 bridgehead atoms. The number of anilines is 3. The smallest absolute Gasteiger partial charge is 0.288 e. The van der Waals surface area contributed by atoms with Crippen molar-refractivity contribution in [1.29, 1.82) is 0 Å². The molecule has 1 aromatic carbocycles. The van der Waals surface area contributed by atoms with E-state index in [1.54, 1.807) is 25.3 Å².